The van der Waals surface area contributed by atoms with E-state index in [1.807, 2.05) is 13.2 Å². The number of nitrogens with one attached hydrogen (secondary N) is 2. The van der Waals surface area contributed by atoms with Crippen LogP contribution in [0.3, 0.4) is 0 Å². The van der Waals surface area contributed by atoms with Gasteiger partial charge in [0.05, 0.1) is 0 Å². The minimum Gasteiger partial charge on any atom is -0.366 e. The van der Waals surface area contributed by atoms with Crippen molar-refractivity contribution < 1.29 is 4.21 Å². The molecule has 96 valence electrons. The highest BCUT2D eigenvalue weighted by atomic mass is 32.2. The quantitative estimate of drug-likeness (QED) is 0.304. The van der Waals surface area contributed by atoms with Gasteiger partial charge in [0.1, 0.15) is 11.6 Å². The first-order chi connectivity index (χ1) is 8.05. The molecule has 0 fully saturated rings. The van der Waals surface area contributed by atoms with Crippen LogP contribution >= 0.6 is 11.8 Å². The van der Waals surface area contributed by atoms with Gasteiger partial charge in [0, 0.05) is 34.9 Å². The summed E-state index contributed by atoms with van der Waals surface area (Å²) in [5.41, 5.74) is 2.49. The van der Waals surface area contributed by atoms with Crippen LogP contribution < -0.4 is 16.6 Å². The van der Waals surface area contributed by atoms with Gasteiger partial charge < -0.3 is 10.7 Å². The molecular weight excluding hydrogens is 258 g/mol. The summed E-state index contributed by atoms with van der Waals surface area (Å²) < 4.78 is 11.1. The molecule has 2 atom stereocenters. The summed E-state index contributed by atoms with van der Waals surface area (Å²) in [5.74, 6) is 7.13. The zero-order valence-electron chi connectivity index (χ0n) is 10.1. The number of hydrogen-bond acceptors (Lipinski definition) is 7. The number of hydrazine groups is 1. The van der Waals surface area contributed by atoms with Crippen molar-refractivity contribution in [1.82, 2.24) is 9.97 Å². The van der Waals surface area contributed by atoms with Gasteiger partial charge in [-0.05, 0) is 13.2 Å². The number of thioether (sulfide) groups is 1. The predicted octanol–water partition coefficient (Wildman–Crippen LogP) is 0.663. The summed E-state index contributed by atoms with van der Waals surface area (Å²) >= 11 is 1.44. The number of rotatable bonds is 6. The van der Waals surface area contributed by atoms with Crippen molar-refractivity contribution in [3.8, 4) is 0 Å². The van der Waals surface area contributed by atoms with Crippen molar-refractivity contribution in [2.24, 2.45) is 5.84 Å². The van der Waals surface area contributed by atoms with E-state index in [1.54, 1.807) is 12.3 Å². The Kier molecular flexibility index (Phi) is 5.66. The summed E-state index contributed by atoms with van der Waals surface area (Å²) in [6.45, 7) is 1.96. The van der Waals surface area contributed by atoms with E-state index >= 15 is 0 Å². The van der Waals surface area contributed by atoms with Gasteiger partial charge in [-0.1, -0.05) is 11.8 Å². The summed E-state index contributed by atoms with van der Waals surface area (Å²) in [7, 11) is -0.835. The molecule has 0 bridgehead atoms. The molecular formula is C9H17N5OS2. The van der Waals surface area contributed by atoms with Crippen LogP contribution in [0.25, 0.3) is 0 Å². The van der Waals surface area contributed by atoms with Crippen molar-refractivity contribution in [3.05, 3.63) is 6.07 Å². The van der Waals surface area contributed by atoms with Gasteiger partial charge >= 0.3 is 0 Å². The molecule has 4 N–H and O–H groups in total. The van der Waals surface area contributed by atoms with Gasteiger partial charge in [0.25, 0.3) is 0 Å². The van der Waals surface area contributed by atoms with E-state index < -0.39 is 10.8 Å². The molecule has 0 aliphatic carbocycles. The molecule has 1 aromatic rings. The molecule has 0 aliphatic heterocycles. The Hall–Kier alpha value is -0.860. The first-order valence-corrected chi connectivity index (χ1v) is 7.96. The first kappa shape index (κ1) is 14.2. The lowest BCUT2D eigenvalue weighted by Gasteiger charge is -2.14. The topological polar surface area (TPSA) is 92.9 Å². The van der Waals surface area contributed by atoms with E-state index in [0.717, 1.165) is 0 Å². The summed E-state index contributed by atoms with van der Waals surface area (Å²) in [6, 6.07) is 1.80. The maximum atomic E-state index is 11.1. The molecule has 1 rings (SSSR count). The lowest BCUT2D eigenvalue weighted by molar-refractivity contribution is 0.682. The molecule has 2 unspecified atom stereocenters. The van der Waals surface area contributed by atoms with E-state index in [0.29, 0.717) is 22.5 Å². The number of hydrogen-bond donors (Lipinski definition) is 3. The third-order valence-corrected chi connectivity index (χ3v) is 3.43. The zero-order chi connectivity index (χ0) is 12.8. The van der Waals surface area contributed by atoms with Crippen molar-refractivity contribution in [2.45, 2.75) is 18.1 Å². The monoisotopic (exact) mass is 275 g/mol. The molecule has 0 aromatic carbocycles. The van der Waals surface area contributed by atoms with Gasteiger partial charge in [-0.15, -0.1) is 0 Å². The average molecular weight is 275 g/mol. The second-order valence-electron chi connectivity index (χ2n) is 3.55. The SMILES string of the molecule is CSc1nc(NN)cc(NC(C)CS(C)=O)n1. The zero-order valence-corrected chi connectivity index (χ0v) is 11.7. The lowest BCUT2D eigenvalue weighted by Crippen LogP contribution is -2.23. The summed E-state index contributed by atoms with van der Waals surface area (Å²) in [4.78, 5) is 8.45. The third-order valence-electron chi connectivity index (χ3n) is 1.92. The smallest absolute Gasteiger partial charge is 0.191 e. The van der Waals surface area contributed by atoms with Gasteiger partial charge in [-0.25, -0.2) is 15.8 Å². The van der Waals surface area contributed by atoms with E-state index in [-0.39, 0.29) is 6.04 Å². The van der Waals surface area contributed by atoms with Crippen molar-refractivity contribution in [2.75, 3.05) is 29.0 Å². The number of aromatic nitrogens is 2. The van der Waals surface area contributed by atoms with Gasteiger partial charge in [0.15, 0.2) is 5.16 Å². The fourth-order valence-electron chi connectivity index (χ4n) is 1.31. The number of nitrogens with two attached hydrogens (primary N) is 1. The standard InChI is InChI=1S/C9H17N5OS2/c1-6(5-17(3)15)11-7-4-8(14-10)13-9(12-7)16-2/h4,6H,5,10H2,1-3H3,(H2,11,12,13,14). The molecule has 6 nitrogen and oxygen atoms in total. The predicted molar refractivity (Wildman–Crippen MR) is 73.6 cm³/mol. The molecule has 0 spiro atoms. The minimum atomic E-state index is -0.835. The van der Waals surface area contributed by atoms with Gasteiger partial charge in [-0.2, -0.15) is 0 Å². The fraction of sp³-hybridized carbons (Fsp3) is 0.556. The van der Waals surface area contributed by atoms with Crippen LogP contribution in [0.5, 0.6) is 0 Å². The number of anilines is 2. The van der Waals surface area contributed by atoms with Crippen LogP contribution in [-0.2, 0) is 10.8 Å². The summed E-state index contributed by atoms with van der Waals surface area (Å²) in [6.07, 6.45) is 3.57. The Balaban J connectivity index is 2.79. The minimum absolute atomic E-state index is 0.0797. The number of nitrogen functional groups attached to an aromatic ring is 1. The van der Waals surface area contributed by atoms with Crippen LogP contribution in [0.4, 0.5) is 11.6 Å². The molecule has 0 saturated heterocycles. The maximum absolute atomic E-state index is 11.1. The Bertz CT molecular complexity index is 379. The molecule has 17 heavy (non-hydrogen) atoms. The second-order valence-corrected chi connectivity index (χ2v) is 5.81. The maximum Gasteiger partial charge on any atom is 0.191 e. The van der Waals surface area contributed by atoms with E-state index in [9.17, 15) is 4.21 Å². The third kappa shape index (κ3) is 4.88. The van der Waals surface area contributed by atoms with Crippen LogP contribution in [0.1, 0.15) is 6.92 Å². The Morgan fingerprint density at radius 3 is 2.71 bits per heavy atom. The van der Waals surface area contributed by atoms with E-state index in [1.165, 1.54) is 11.8 Å². The van der Waals surface area contributed by atoms with Crippen molar-refractivity contribution in [3.63, 3.8) is 0 Å². The molecule has 8 heteroatoms. The Morgan fingerprint density at radius 2 is 2.18 bits per heavy atom. The van der Waals surface area contributed by atoms with Crippen molar-refractivity contribution in [1.29, 1.82) is 0 Å². The molecule has 1 aromatic heterocycles. The van der Waals surface area contributed by atoms with E-state index in [4.69, 9.17) is 5.84 Å². The first-order valence-electron chi connectivity index (χ1n) is 5.01. The van der Waals surface area contributed by atoms with Gasteiger partial charge in [-0.3, -0.25) is 4.21 Å². The Labute approximate surface area is 108 Å². The van der Waals surface area contributed by atoms with Crippen LogP contribution in [0.15, 0.2) is 11.2 Å². The van der Waals surface area contributed by atoms with Crippen molar-refractivity contribution >= 4 is 34.2 Å². The molecule has 1 heterocycles. The second kappa shape index (κ2) is 6.77. The highest BCUT2D eigenvalue weighted by Crippen LogP contribution is 2.17. The molecule has 0 aliphatic rings. The average Bonchev–Trinajstić information content (AvgIpc) is 2.27. The Morgan fingerprint density at radius 1 is 1.53 bits per heavy atom. The van der Waals surface area contributed by atoms with Crippen LogP contribution in [0.2, 0.25) is 0 Å². The van der Waals surface area contributed by atoms with Crippen LogP contribution in [-0.4, -0.2) is 38.5 Å². The molecule has 0 saturated carbocycles. The molecule has 0 radical (unpaired) electrons. The highest BCUT2D eigenvalue weighted by Gasteiger charge is 2.08. The molecule has 0 amide bonds. The normalized spacial score (nSPS) is 14.1. The van der Waals surface area contributed by atoms with Crippen LogP contribution in [0, 0.1) is 0 Å². The lowest BCUT2D eigenvalue weighted by atomic mass is 10.4. The number of nitrogens with zero attached hydrogens (tertiary/aromatic N) is 2. The van der Waals surface area contributed by atoms with E-state index in [2.05, 4.69) is 20.7 Å². The highest BCUT2D eigenvalue weighted by molar-refractivity contribution is 7.98. The fourth-order valence-corrected chi connectivity index (χ4v) is 2.48. The van der Waals surface area contributed by atoms with Gasteiger partial charge in [0.2, 0.25) is 0 Å². The largest absolute Gasteiger partial charge is 0.366 e. The summed E-state index contributed by atoms with van der Waals surface area (Å²) in [5, 5.41) is 3.80.